The summed E-state index contributed by atoms with van der Waals surface area (Å²) in [5, 5.41) is 21.3. The van der Waals surface area contributed by atoms with Crippen molar-refractivity contribution in [2.75, 3.05) is 14.2 Å². The Morgan fingerprint density at radius 1 is 0.649 bits per heavy atom. The van der Waals surface area contributed by atoms with E-state index in [1.807, 2.05) is 0 Å². The van der Waals surface area contributed by atoms with Crippen molar-refractivity contribution >= 4 is 29.8 Å². The fourth-order valence-corrected chi connectivity index (χ4v) is 3.76. The van der Waals surface area contributed by atoms with Crippen LogP contribution in [0.2, 0.25) is 0 Å². The van der Waals surface area contributed by atoms with Crippen LogP contribution in [0.5, 0.6) is 0 Å². The monoisotopic (exact) mass is 539 g/mol. The van der Waals surface area contributed by atoms with Crippen LogP contribution >= 0.6 is 0 Å². The number of carbonyl (C=O) groups excluding carboxylic acids is 5. The molecule has 0 spiro atoms. The Morgan fingerprint density at radius 2 is 1.11 bits per heavy atom. The first kappa shape index (κ1) is 30.3. The van der Waals surface area contributed by atoms with Gasteiger partial charge in [0, 0.05) is 20.8 Å². The van der Waals surface area contributed by atoms with Gasteiger partial charge in [0.05, 0.1) is 14.2 Å². The molecule has 0 bridgehead atoms. The standard InChI is InChI=1S/C20H29NO16/c1-6(22)31-13-14(32-7(2)23)16(33-8(3)24)20(36-15(13)18(28)30-5)34-11-9(25)12(17(27)29-4)35-19(37-21)10(11)26/h9-16,19-20,25-26H,21H2,1-5H3/t9-,10+,11-,12-,13-,14-,15-,16+,19-,20+/m0/s1. The minimum atomic E-state index is -1.94. The summed E-state index contributed by atoms with van der Waals surface area (Å²) in [6.07, 6.45) is -17.9. The van der Waals surface area contributed by atoms with Crippen molar-refractivity contribution < 1.29 is 76.9 Å². The van der Waals surface area contributed by atoms with Gasteiger partial charge in [-0.05, 0) is 0 Å². The van der Waals surface area contributed by atoms with Gasteiger partial charge >= 0.3 is 29.8 Å². The lowest BCUT2D eigenvalue weighted by atomic mass is 9.96. The predicted octanol–water partition coefficient (Wildman–Crippen LogP) is -3.43. The SMILES string of the molecule is COC(=O)[C@H]1O[C@@H](ON)[C@H](O)[C@@H](O[C@@H]2O[C@H](C(=O)OC)[C@@H](OC(C)=O)[C@H](OC(C)=O)[C@H]2OC(C)=O)[C@@H]1O. The third-order valence-corrected chi connectivity index (χ3v) is 5.24. The molecule has 17 heteroatoms. The Hall–Kier alpha value is -2.93. The van der Waals surface area contributed by atoms with Crippen LogP contribution < -0.4 is 5.90 Å². The minimum Gasteiger partial charge on any atom is -0.467 e. The quantitative estimate of drug-likeness (QED) is 0.155. The fourth-order valence-electron chi connectivity index (χ4n) is 3.76. The summed E-state index contributed by atoms with van der Waals surface area (Å²) >= 11 is 0. The number of esters is 5. The van der Waals surface area contributed by atoms with Crippen molar-refractivity contribution in [3.63, 3.8) is 0 Å². The van der Waals surface area contributed by atoms with Crippen molar-refractivity contribution in [2.45, 2.75) is 82.2 Å². The van der Waals surface area contributed by atoms with Gasteiger partial charge in [-0.1, -0.05) is 0 Å². The van der Waals surface area contributed by atoms with Crippen LogP contribution in [-0.4, -0.2) is 116 Å². The number of hydrogen-bond acceptors (Lipinski definition) is 17. The van der Waals surface area contributed by atoms with Crippen LogP contribution in [0.25, 0.3) is 0 Å². The highest BCUT2D eigenvalue weighted by Crippen LogP contribution is 2.33. The lowest BCUT2D eigenvalue weighted by molar-refractivity contribution is -0.354. The van der Waals surface area contributed by atoms with E-state index in [1.54, 1.807) is 0 Å². The van der Waals surface area contributed by atoms with E-state index >= 15 is 0 Å². The largest absolute Gasteiger partial charge is 0.467 e. The molecule has 0 aromatic rings. The van der Waals surface area contributed by atoms with Crippen molar-refractivity contribution in [3.05, 3.63) is 0 Å². The van der Waals surface area contributed by atoms with Crippen LogP contribution in [0.4, 0.5) is 0 Å². The van der Waals surface area contributed by atoms with Gasteiger partial charge in [-0.2, -0.15) is 0 Å². The number of ether oxygens (including phenoxy) is 8. The first-order chi connectivity index (χ1) is 17.4. The number of aliphatic hydroxyl groups excluding tert-OH is 2. The van der Waals surface area contributed by atoms with Gasteiger partial charge in [-0.25, -0.2) is 15.5 Å². The molecule has 2 heterocycles. The summed E-state index contributed by atoms with van der Waals surface area (Å²) < 4.78 is 41.1. The number of rotatable bonds is 8. The zero-order chi connectivity index (χ0) is 28.0. The molecule has 17 nitrogen and oxygen atoms in total. The predicted molar refractivity (Wildman–Crippen MR) is 110 cm³/mol. The van der Waals surface area contributed by atoms with Crippen LogP contribution in [0.15, 0.2) is 0 Å². The molecule has 210 valence electrons. The number of methoxy groups -OCH3 is 2. The summed E-state index contributed by atoms with van der Waals surface area (Å²) in [5.41, 5.74) is 0. The second kappa shape index (κ2) is 13.0. The van der Waals surface area contributed by atoms with Crippen molar-refractivity contribution in [2.24, 2.45) is 5.90 Å². The molecule has 2 saturated heterocycles. The summed E-state index contributed by atoms with van der Waals surface area (Å²) in [6.45, 7) is 2.97. The van der Waals surface area contributed by atoms with Gasteiger partial charge in [0.2, 0.25) is 6.29 Å². The van der Waals surface area contributed by atoms with Crippen molar-refractivity contribution in [3.8, 4) is 0 Å². The lowest BCUT2D eigenvalue weighted by Crippen LogP contribution is -2.67. The Morgan fingerprint density at radius 3 is 1.59 bits per heavy atom. The van der Waals surface area contributed by atoms with E-state index in [0.29, 0.717) is 0 Å². The Kier molecular flexibility index (Phi) is 10.7. The first-order valence-electron chi connectivity index (χ1n) is 10.7. The average Bonchev–Trinajstić information content (AvgIpc) is 2.83. The molecule has 0 amide bonds. The molecule has 10 atom stereocenters. The fraction of sp³-hybridized carbons (Fsp3) is 0.750. The summed E-state index contributed by atoms with van der Waals surface area (Å²) in [6, 6.07) is 0. The summed E-state index contributed by atoms with van der Waals surface area (Å²) in [7, 11) is 1.99. The summed E-state index contributed by atoms with van der Waals surface area (Å²) in [4.78, 5) is 64.6. The van der Waals surface area contributed by atoms with Crippen molar-refractivity contribution in [1.29, 1.82) is 0 Å². The van der Waals surface area contributed by atoms with E-state index < -0.39 is 91.3 Å². The first-order valence-corrected chi connectivity index (χ1v) is 10.7. The molecular weight excluding hydrogens is 510 g/mol. The maximum absolute atomic E-state index is 12.5. The maximum atomic E-state index is 12.5. The van der Waals surface area contributed by atoms with Gasteiger partial charge in [0.15, 0.2) is 36.8 Å². The normalized spacial score (nSPS) is 35.6. The number of nitrogens with two attached hydrogens (primary N) is 1. The van der Waals surface area contributed by atoms with Crippen LogP contribution in [0.3, 0.4) is 0 Å². The Labute approximate surface area is 209 Å². The lowest BCUT2D eigenvalue weighted by Gasteiger charge is -2.46. The Bertz CT molecular complexity index is 865. The molecule has 2 rings (SSSR count). The van der Waals surface area contributed by atoms with Crippen molar-refractivity contribution in [1.82, 2.24) is 0 Å². The van der Waals surface area contributed by atoms with E-state index in [4.69, 9.17) is 34.3 Å². The van der Waals surface area contributed by atoms with Gasteiger partial charge in [0.25, 0.3) is 0 Å². The van der Waals surface area contributed by atoms with Crippen LogP contribution in [0, 0.1) is 0 Å². The number of aliphatic hydroxyl groups is 2. The van der Waals surface area contributed by atoms with E-state index in [9.17, 15) is 34.2 Å². The highest BCUT2D eigenvalue weighted by Gasteiger charge is 2.58. The van der Waals surface area contributed by atoms with Crippen LogP contribution in [-0.2, 0) is 66.7 Å². The number of hydrogen-bond donors (Lipinski definition) is 3. The van der Waals surface area contributed by atoms with Crippen LogP contribution in [0.1, 0.15) is 20.8 Å². The molecule has 2 fully saturated rings. The topological polar surface area (TPSA) is 235 Å². The highest BCUT2D eigenvalue weighted by atomic mass is 16.8. The Balaban J connectivity index is 2.54. The molecular formula is C20H29NO16. The smallest absolute Gasteiger partial charge is 0.339 e. The number of carbonyl (C=O) groups is 5. The van der Waals surface area contributed by atoms with Gasteiger partial charge in [0.1, 0.15) is 18.3 Å². The average molecular weight is 539 g/mol. The second-order valence-electron chi connectivity index (χ2n) is 7.84. The molecule has 0 radical (unpaired) electrons. The van der Waals surface area contributed by atoms with E-state index in [2.05, 4.69) is 14.3 Å². The zero-order valence-electron chi connectivity index (χ0n) is 20.5. The molecule has 37 heavy (non-hydrogen) atoms. The molecule has 0 unspecified atom stereocenters. The molecule has 0 aromatic heterocycles. The highest BCUT2D eigenvalue weighted by molar-refractivity contribution is 5.77. The molecule has 2 aliphatic heterocycles. The van der Waals surface area contributed by atoms with E-state index in [0.717, 1.165) is 35.0 Å². The minimum absolute atomic E-state index is 0.917. The summed E-state index contributed by atoms with van der Waals surface area (Å²) in [5.74, 6) is 0.121. The third kappa shape index (κ3) is 7.10. The maximum Gasteiger partial charge on any atom is 0.339 e. The van der Waals surface area contributed by atoms with Gasteiger partial charge < -0.3 is 48.1 Å². The molecule has 2 aliphatic rings. The zero-order valence-corrected chi connectivity index (χ0v) is 20.5. The molecule has 0 saturated carbocycles. The third-order valence-electron chi connectivity index (χ3n) is 5.24. The van der Waals surface area contributed by atoms with E-state index in [1.165, 1.54) is 0 Å². The second-order valence-corrected chi connectivity index (χ2v) is 7.84. The molecule has 4 N–H and O–H groups in total. The van der Waals surface area contributed by atoms with Gasteiger partial charge in [-0.3, -0.25) is 19.2 Å². The molecule has 0 aromatic carbocycles. The van der Waals surface area contributed by atoms with E-state index in [-0.39, 0.29) is 0 Å². The van der Waals surface area contributed by atoms with Gasteiger partial charge in [-0.15, -0.1) is 0 Å². The molecule has 0 aliphatic carbocycles.